The van der Waals surface area contributed by atoms with Gasteiger partial charge < -0.3 is 9.64 Å². The van der Waals surface area contributed by atoms with Gasteiger partial charge in [-0.2, -0.15) is 5.26 Å². The molecule has 0 spiro atoms. The van der Waals surface area contributed by atoms with Crippen LogP contribution in [-0.4, -0.2) is 18.9 Å². The summed E-state index contributed by atoms with van der Waals surface area (Å²) in [6, 6.07) is 15.6. The molecule has 0 fully saturated rings. The third kappa shape index (κ3) is 1.50. The lowest BCUT2D eigenvalue weighted by molar-refractivity contribution is 0.484. The largest absolute Gasteiger partial charge is 0.454 e. The Morgan fingerprint density at radius 3 is 2.95 bits per heavy atom. The molecule has 96 valence electrons. The maximum atomic E-state index is 9.05. The lowest BCUT2D eigenvalue weighted by Gasteiger charge is -2.19. The first-order valence-electron chi connectivity index (χ1n) is 6.50. The second-order valence-corrected chi connectivity index (χ2v) is 4.75. The zero-order valence-electron chi connectivity index (χ0n) is 10.7. The van der Waals surface area contributed by atoms with Crippen molar-refractivity contribution in [1.82, 2.24) is 0 Å². The molecule has 4 nitrogen and oxygen atoms in total. The van der Waals surface area contributed by atoms with Crippen molar-refractivity contribution in [3.63, 3.8) is 0 Å². The molecule has 2 heterocycles. The first-order chi connectivity index (χ1) is 9.86. The summed E-state index contributed by atoms with van der Waals surface area (Å²) in [4.78, 5) is 6.75. The van der Waals surface area contributed by atoms with Gasteiger partial charge in [0.2, 0.25) is 0 Å². The Balaban J connectivity index is 1.97. The minimum atomic E-state index is 0.598. The molecule has 2 aliphatic heterocycles. The first kappa shape index (κ1) is 11.1. The predicted octanol–water partition coefficient (Wildman–Crippen LogP) is 2.93. The molecule has 0 aliphatic carbocycles. The standard InChI is InChI=1S/C16H11N3O/c17-10-11-5-6-13-15(9-11)20-14-4-2-1-3-12(14)16-18-7-8-19(13)16/h1-6,9H,7-8H2. The number of aliphatic imine (C=N–C) groups is 1. The van der Waals surface area contributed by atoms with E-state index in [0.717, 1.165) is 35.9 Å². The third-order valence-electron chi connectivity index (χ3n) is 3.57. The van der Waals surface area contributed by atoms with Crippen LogP contribution in [0.5, 0.6) is 11.5 Å². The van der Waals surface area contributed by atoms with Crippen molar-refractivity contribution >= 4 is 11.5 Å². The molecule has 2 aromatic carbocycles. The van der Waals surface area contributed by atoms with Crippen LogP contribution in [0.15, 0.2) is 47.5 Å². The number of para-hydroxylation sites is 1. The molecular weight excluding hydrogens is 250 g/mol. The van der Waals surface area contributed by atoms with E-state index in [2.05, 4.69) is 16.0 Å². The fourth-order valence-electron chi connectivity index (χ4n) is 2.66. The Hall–Kier alpha value is -2.80. The summed E-state index contributed by atoms with van der Waals surface area (Å²) in [6.07, 6.45) is 0. The number of amidine groups is 1. The number of nitrogens with zero attached hydrogens (tertiary/aromatic N) is 3. The van der Waals surface area contributed by atoms with Crippen LogP contribution in [0.25, 0.3) is 0 Å². The van der Waals surface area contributed by atoms with Crippen LogP contribution in [0.2, 0.25) is 0 Å². The van der Waals surface area contributed by atoms with Gasteiger partial charge in [-0.05, 0) is 24.3 Å². The Labute approximate surface area is 116 Å². The molecule has 0 saturated heterocycles. The summed E-state index contributed by atoms with van der Waals surface area (Å²) in [5.41, 5.74) is 2.57. The van der Waals surface area contributed by atoms with Crippen LogP contribution >= 0.6 is 0 Å². The van der Waals surface area contributed by atoms with Crippen LogP contribution in [0, 0.1) is 11.3 Å². The molecule has 0 radical (unpaired) electrons. The van der Waals surface area contributed by atoms with Gasteiger partial charge in [0.05, 0.1) is 29.4 Å². The highest BCUT2D eigenvalue weighted by Crippen LogP contribution is 2.40. The van der Waals surface area contributed by atoms with Crippen molar-refractivity contribution in [1.29, 1.82) is 5.26 Å². The molecule has 20 heavy (non-hydrogen) atoms. The van der Waals surface area contributed by atoms with Gasteiger partial charge in [-0.15, -0.1) is 0 Å². The van der Waals surface area contributed by atoms with E-state index in [0.29, 0.717) is 11.3 Å². The van der Waals surface area contributed by atoms with E-state index in [1.807, 2.05) is 36.4 Å². The molecule has 0 bridgehead atoms. The fraction of sp³-hybridized carbons (Fsp3) is 0.125. The number of anilines is 1. The summed E-state index contributed by atoms with van der Waals surface area (Å²) >= 11 is 0. The van der Waals surface area contributed by atoms with E-state index in [1.165, 1.54) is 0 Å². The van der Waals surface area contributed by atoms with Crippen molar-refractivity contribution in [3.8, 4) is 17.6 Å². The van der Waals surface area contributed by atoms with Gasteiger partial charge in [0.1, 0.15) is 11.6 Å². The lowest BCUT2D eigenvalue weighted by Crippen LogP contribution is -2.27. The summed E-state index contributed by atoms with van der Waals surface area (Å²) in [5, 5.41) is 9.05. The van der Waals surface area contributed by atoms with E-state index in [1.54, 1.807) is 6.07 Å². The molecule has 0 saturated carbocycles. The second kappa shape index (κ2) is 4.10. The van der Waals surface area contributed by atoms with Crippen molar-refractivity contribution in [2.75, 3.05) is 18.0 Å². The van der Waals surface area contributed by atoms with Crippen molar-refractivity contribution in [3.05, 3.63) is 53.6 Å². The monoisotopic (exact) mass is 261 g/mol. The molecule has 0 unspecified atom stereocenters. The van der Waals surface area contributed by atoms with Crippen LogP contribution in [0.4, 0.5) is 5.69 Å². The first-order valence-corrected chi connectivity index (χ1v) is 6.50. The van der Waals surface area contributed by atoms with Crippen LogP contribution in [0.3, 0.4) is 0 Å². The summed E-state index contributed by atoms with van der Waals surface area (Å²) < 4.78 is 6.01. The summed E-state index contributed by atoms with van der Waals surface area (Å²) in [5.74, 6) is 2.44. The predicted molar refractivity (Wildman–Crippen MR) is 76.4 cm³/mol. The molecule has 0 atom stereocenters. The fourth-order valence-corrected chi connectivity index (χ4v) is 2.66. The normalized spacial score (nSPS) is 15.2. The quantitative estimate of drug-likeness (QED) is 0.732. The van der Waals surface area contributed by atoms with E-state index < -0.39 is 0 Å². The van der Waals surface area contributed by atoms with Gasteiger partial charge in [-0.1, -0.05) is 12.1 Å². The molecule has 0 N–H and O–H groups in total. The van der Waals surface area contributed by atoms with Gasteiger partial charge in [-0.3, -0.25) is 4.99 Å². The summed E-state index contributed by atoms with van der Waals surface area (Å²) in [7, 11) is 0. The number of ether oxygens (including phenoxy) is 1. The lowest BCUT2D eigenvalue weighted by atomic mass is 10.1. The minimum absolute atomic E-state index is 0.598. The van der Waals surface area contributed by atoms with E-state index in [-0.39, 0.29) is 0 Å². The van der Waals surface area contributed by atoms with Gasteiger partial charge in [0.25, 0.3) is 0 Å². The van der Waals surface area contributed by atoms with Crippen molar-refractivity contribution in [2.24, 2.45) is 4.99 Å². The summed E-state index contributed by atoms with van der Waals surface area (Å²) in [6.45, 7) is 1.62. The Kier molecular flexibility index (Phi) is 2.27. The molecule has 4 rings (SSSR count). The second-order valence-electron chi connectivity index (χ2n) is 4.75. The molecule has 4 heteroatoms. The third-order valence-corrected chi connectivity index (χ3v) is 3.57. The van der Waals surface area contributed by atoms with Crippen molar-refractivity contribution in [2.45, 2.75) is 0 Å². The van der Waals surface area contributed by atoms with E-state index in [4.69, 9.17) is 10.00 Å². The van der Waals surface area contributed by atoms with Gasteiger partial charge in [0.15, 0.2) is 5.75 Å². The maximum absolute atomic E-state index is 9.05. The van der Waals surface area contributed by atoms with E-state index >= 15 is 0 Å². The van der Waals surface area contributed by atoms with Gasteiger partial charge in [0, 0.05) is 12.6 Å². The number of hydrogen-bond acceptors (Lipinski definition) is 4. The smallest absolute Gasteiger partial charge is 0.152 e. The van der Waals surface area contributed by atoms with Gasteiger partial charge in [-0.25, -0.2) is 0 Å². The number of hydrogen-bond donors (Lipinski definition) is 0. The van der Waals surface area contributed by atoms with Crippen LogP contribution in [0.1, 0.15) is 11.1 Å². The average Bonchev–Trinajstić information content (AvgIpc) is 2.92. The Morgan fingerprint density at radius 2 is 2.05 bits per heavy atom. The molecule has 0 aromatic heterocycles. The van der Waals surface area contributed by atoms with Crippen molar-refractivity contribution < 1.29 is 4.74 Å². The Bertz CT molecular complexity index is 774. The van der Waals surface area contributed by atoms with E-state index in [9.17, 15) is 0 Å². The number of rotatable bonds is 0. The number of nitriles is 1. The highest BCUT2D eigenvalue weighted by molar-refractivity contribution is 6.14. The SMILES string of the molecule is N#Cc1ccc2c(c1)Oc1ccccc1C1=NCCN12. The minimum Gasteiger partial charge on any atom is -0.454 e. The highest BCUT2D eigenvalue weighted by Gasteiger charge is 2.28. The number of fused-ring (bicyclic) bond motifs is 5. The van der Waals surface area contributed by atoms with Gasteiger partial charge >= 0.3 is 0 Å². The average molecular weight is 261 g/mol. The molecule has 0 amide bonds. The zero-order chi connectivity index (χ0) is 13.5. The topological polar surface area (TPSA) is 48.6 Å². The van der Waals surface area contributed by atoms with Crippen LogP contribution in [-0.2, 0) is 0 Å². The molecule has 2 aliphatic rings. The molecular formula is C16H11N3O. The molecule has 2 aromatic rings. The number of benzene rings is 2. The highest BCUT2D eigenvalue weighted by atomic mass is 16.5. The Morgan fingerprint density at radius 1 is 1.15 bits per heavy atom. The maximum Gasteiger partial charge on any atom is 0.152 e. The zero-order valence-corrected chi connectivity index (χ0v) is 10.7. The van der Waals surface area contributed by atoms with Crippen LogP contribution < -0.4 is 9.64 Å².